The first kappa shape index (κ1) is 27.5. The van der Waals surface area contributed by atoms with E-state index in [9.17, 15) is 19.5 Å². The first-order valence-electron chi connectivity index (χ1n) is 13.3. The highest BCUT2D eigenvalue weighted by molar-refractivity contribution is 9.10. The van der Waals surface area contributed by atoms with Crippen LogP contribution >= 0.6 is 15.9 Å². The number of nitrogens with one attached hydrogen (secondary N) is 2. The van der Waals surface area contributed by atoms with Crippen LogP contribution < -0.4 is 5.32 Å². The summed E-state index contributed by atoms with van der Waals surface area (Å²) in [6.07, 6.45) is 4.32. The summed E-state index contributed by atoms with van der Waals surface area (Å²) in [6.45, 7) is 0.740. The number of carbonyl (C=O) groups is 3. The molecule has 206 valence electrons. The molecule has 3 aromatic rings. The third kappa shape index (κ3) is 5.78. The topological polar surface area (TPSA) is 112 Å². The zero-order valence-corrected chi connectivity index (χ0v) is 23.0. The molecule has 0 bridgehead atoms. The molecule has 1 saturated carbocycles. The highest BCUT2D eigenvalue weighted by atomic mass is 79.9. The normalized spacial score (nSPS) is 21.5. The number of aromatic nitrogens is 1. The number of carboxylic acid groups (broad SMARTS) is 1. The van der Waals surface area contributed by atoms with Crippen molar-refractivity contribution in [3.05, 3.63) is 64.3 Å². The minimum absolute atomic E-state index is 0.243. The summed E-state index contributed by atoms with van der Waals surface area (Å²) >= 11 is 3.46. The molecule has 0 spiro atoms. The number of para-hydroxylation sites is 1. The second-order valence-corrected chi connectivity index (χ2v) is 11.1. The van der Waals surface area contributed by atoms with Gasteiger partial charge in [0.1, 0.15) is 0 Å². The quantitative estimate of drug-likeness (QED) is 0.273. The summed E-state index contributed by atoms with van der Waals surface area (Å²) < 4.78 is 22.9. The van der Waals surface area contributed by atoms with Crippen LogP contribution in [0.25, 0.3) is 10.9 Å². The molecule has 3 unspecified atom stereocenters. The van der Waals surface area contributed by atoms with Crippen LogP contribution in [-0.4, -0.2) is 57.8 Å². The number of likely N-dealkylation sites (tertiary alicyclic amines) is 1. The van der Waals surface area contributed by atoms with Gasteiger partial charge in [0.25, 0.3) is 5.91 Å². The Hall–Kier alpha value is -3.08. The predicted octanol–water partition coefficient (Wildman–Crippen LogP) is 5.67. The number of alkyl halides is 1. The first-order valence-corrected chi connectivity index (χ1v) is 14.1. The standard InChI is InChI=1S/C29H31BrFN3O5/c30-22-15-18(11-12-24(22)33-27(36)21-17-32-23-9-3-1-7-19(21)23)16-26(35)29(31,34-13-5-6-14-34)39-25-10-4-2-8-20(25)28(37)38/h1,3,7,9,11-12,15,17,20,25,32H,2,4-6,8,10,13-14,16H2,(H,33,36)(H,37,38). The Kier molecular flexibility index (Phi) is 8.16. The lowest BCUT2D eigenvalue weighted by atomic mass is 9.86. The van der Waals surface area contributed by atoms with Gasteiger partial charge in [0, 0.05) is 41.1 Å². The summed E-state index contributed by atoms with van der Waals surface area (Å²) in [4.78, 5) is 42.6. The van der Waals surface area contributed by atoms with Crippen molar-refractivity contribution in [2.75, 3.05) is 18.4 Å². The Labute approximate surface area is 234 Å². The van der Waals surface area contributed by atoms with Crippen LogP contribution in [0.3, 0.4) is 0 Å². The number of hydrogen-bond donors (Lipinski definition) is 3. The van der Waals surface area contributed by atoms with Crippen molar-refractivity contribution in [1.82, 2.24) is 9.88 Å². The van der Waals surface area contributed by atoms with E-state index in [0.717, 1.165) is 36.6 Å². The number of amides is 1. The number of aliphatic carboxylic acids is 1. The van der Waals surface area contributed by atoms with Gasteiger partial charge < -0.3 is 20.1 Å². The number of carbonyl (C=O) groups excluding carboxylic acids is 2. The van der Waals surface area contributed by atoms with E-state index in [4.69, 9.17) is 4.74 Å². The van der Waals surface area contributed by atoms with Crippen LogP contribution in [0.5, 0.6) is 0 Å². The van der Waals surface area contributed by atoms with E-state index in [1.165, 1.54) is 4.90 Å². The molecule has 1 aromatic heterocycles. The van der Waals surface area contributed by atoms with Crippen molar-refractivity contribution in [2.45, 2.75) is 57.0 Å². The highest BCUT2D eigenvalue weighted by Gasteiger charge is 2.50. The van der Waals surface area contributed by atoms with E-state index in [1.54, 1.807) is 24.4 Å². The maximum atomic E-state index is 16.5. The van der Waals surface area contributed by atoms with Crippen LogP contribution in [0.4, 0.5) is 10.1 Å². The Morgan fingerprint density at radius 1 is 1.10 bits per heavy atom. The van der Waals surface area contributed by atoms with Gasteiger partial charge in [0.05, 0.1) is 23.3 Å². The number of anilines is 1. The van der Waals surface area contributed by atoms with Gasteiger partial charge in [-0.05, 0) is 65.4 Å². The second-order valence-electron chi connectivity index (χ2n) is 10.3. The van der Waals surface area contributed by atoms with Crippen molar-refractivity contribution in [3.63, 3.8) is 0 Å². The minimum atomic E-state index is -2.69. The zero-order chi connectivity index (χ0) is 27.6. The lowest BCUT2D eigenvalue weighted by Crippen LogP contribution is -2.56. The third-order valence-corrected chi connectivity index (χ3v) is 8.32. The fourth-order valence-electron chi connectivity index (χ4n) is 5.56. The fraction of sp³-hybridized carbons (Fsp3) is 0.414. The van der Waals surface area contributed by atoms with Gasteiger partial charge in [-0.3, -0.25) is 14.4 Å². The Morgan fingerprint density at radius 2 is 1.85 bits per heavy atom. The number of ether oxygens (including phenoxy) is 1. The molecule has 0 radical (unpaired) electrons. The molecule has 3 N–H and O–H groups in total. The van der Waals surface area contributed by atoms with Crippen molar-refractivity contribution in [2.24, 2.45) is 5.92 Å². The molecule has 8 nitrogen and oxygen atoms in total. The van der Waals surface area contributed by atoms with Gasteiger partial charge in [-0.25, -0.2) is 4.90 Å². The van der Waals surface area contributed by atoms with Crippen molar-refractivity contribution in [1.29, 1.82) is 0 Å². The average Bonchev–Trinajstić information content (AvgIpc) is 3.61. The largest absolute Gasteiger partial charge is 0.481 e. The SMILES string of the molecule is O=C(Nc1ccc(CC(=O)C(F)(OC2CCCCC2C(=O)O)N2CCCC2)cc1Br)c1c[nH]c2ccccc12. The van der Waals surface area contributed by atoms with Crippen molar-refractivity contribution >= 4 is 50.2 Å². The fourth-order valence-corrected chi connectivity index (χ4v) is 6.08. The summed E-state index contributed by atoms with van der Waals surface area (Å²) in [6, 6.07) is 12.5. The molecular formula is C29H31BrFN3O5. The molecule has 2 aliphatic rings. The Morgan fingerprint density at radius 3 is 2.59 bits per heavy atom. The minimum Gasteiger partial charge on any atom is -0.481 e. The smallest absolute Gasteiger partial charge is 0.330 e. The molecule has 3 atom stereocenters. The number of fused-ring (bicyclic) bond motifs is 1. The zero-order valence-electron chi connectivity index (χ0n) is 21.4. The number of H-pyrrole nitrogens is 1. The van der Waals surface area contributed by atoms with E-state index in [1.807, 2.05) is 24.3 Å². The predicted molar refractivity (Wildman–Crippen MR) is 148 cm³/mol. The molecule has 2 heterocycles. The third-order valence-electron chi connectivity index (χ3n) is 7.66. The summed E-state index contributed by atoms with van der Waals surface area (Å²) in [7, 11) is 0. The van der Waals surface area contributed by atoms with Gasteiger partial charge in [-0.15, -0.1) is 0 Å². The number of Topliss-reactive ketones (excluding diaryl/α,β-unsaturated/α-hetero) is 1. The second kappa shape index (κ2) is 11.6. The molecule has 5 rings (SSSR count). The number of hydrogen-bond acceptors (Lipinski definition) is 5. The maximum Gasteiger partial charge on any atom is 0.330 e. The number of rotatable bonds is 9. The molecule has 2 aromatic carbocycles. The number of carboxylic acids is 1. The molecule has 1 amide bonds. The van der Waals surface area contributed by atoms with Crippen LogP contribution in [0.2, 0.25) is 0 Å². The van der Waals surface area contributed by atoms with E-state index in [2.05, 4.69) is 26.2 Å². The van der Waals surface area contributed by atoms with Gasteiger partial charge in [-0.1, -0.05) is 37.1 Å². The monoisotopic (exact) mass is 599 g/mol. The molecule has 39 heavy (non-hydrogen) atoms. The number of nitrogens with zero attached hydrogens (tertiary/aromatic N) is 1. The molecule has 1 aliphatic carbocycles. The molecule has 1 saturated heterocycles. The Bertz CT molecular complexity index is 1390. The van der Waals surface area contributed by atoms with E-state index >= 15 is 4.39 Å². The van der Waals surface area contributed by atoms with Crippen LogP contribution in [-0.2, 0) is 20.7 Å². The molecule has 10 heteroatoms. The lowest BCUT2D eigenvalue weighted by Gasteiger charge is -2.39. The van der Waals surface area contributed by atoms with Gasteiger partial charge >= 0.3 is 11.9 Å². The first-order chi connectivity index (χ1) is 18.8. The van der Waals surface area contributed by atoms with Crippen molar-refractivity contribution in [3.8, 4) is 0 Å². The number of benzene rings is 2. The van der Waals surface area contributed by atoms with E-state index < -0.39 is 29.8 Å². The number of halogens is 2. The van der Waals surface area contributed by atoms with Gasteiger partial charge in [0.2, 0.25) is 5.78 Å². The maximum absolute atomic E-state index is 16.5. The lowest BCUT2D eigenvalue weighted by molar-refractivity contribution is -0.258. The summed E-state index contributed by atoms with van der Waals surface area (Å²) in [5, 5.41) is 13.3. The van der Waals surface area contributed by atoms with E-state index in [-0.39, 0.29) is 12.3 Å². The number of ketones is 1. The van der Waals surface area contributed by atoms with Crippen molar-refractivity contribution < 1.29 is 28.6 Å². The molecule has 2 fully saturated rings. The summed E-state index contributed by atoms with van der Waals surface area (Å²) in [5.41, 5.74) is 2.41. The highest BCUT2D eigenvalue weighted by Crippen LogP contribution is 2.36. The van der Waals surface area contributed by atoms with E-state index in [0.29, 0.717) is 47.2 Å². The van der Waals surface area contributed by atoms with Crippen LogP contribution in [0, 0.1) is 5.92 Å². The number of aromatic amines is 1. The molecular weight excluding hydrogens is 569 g/mol. The summed E-state index contributed by atoms with van der Waals surface area (Å²) in [5.74, 6) is -5.60. The van der Waals surface area contributed by atoms with Gasteiger partial charge in [0.15, 0.2) is 0 Å². The molecule has 1 aliphatic heterocycles. The van der Waals surface area contributed by atoms with Crippen LogP contribution in [0.1, 0.15) is 54.4 Å². The average molecular weight is 600 g/mol. The van der Waals surface area contributed by atoms with Gasteiger partial charge in [-0.2, -0.15) is 4.39 Å². The van der Waals surface area contributed by atoms with Crippen LogP contribution in [0.15, 0.2) is 53.1 Å². The Balaban J connectivity index is 1.31.